The lowest BCUT2D eigenvalue weighted by Gasteiger charge is -2.31. The molecule has 1 aliphatic rings. The molecule has 1 heterocycles. The maximum absolute atomic E-state index is 12.0. The van der Waals surface area contributed by atoms with Crippen LogP contribution in [0.15, 0.2) is 42.5 Å². The number of nitrogen functional groups attached to an aromatic ring is 1. The van der Waals surface area contributed by atoms with Crippen molar-refractivity contribution in [2.45, 2.75) is 39.2 Å². The SMILES string of the molecule is CC(C)(C)OC(=O)Nc1cccc(CCc2cc(N)ccc2N2CCOCC2)c1. The highest BCUT2D eigenvalue weighted by atomic mass is 16.6. The molecule has 156 valence electrons. The molecule has 1 amide bonds. The quantitative estimate of drug-likeness (QED) is 0.738. The maximum atomic E-state index is 12.0. The van der Waals surface area contributed by atoms with Crippen LogP contribution in [0.25, 0.3) is 0 Å². The zero-order valence-electron chi connectivity index (χ0n) is 17.5. The summed E-state index contributed by atoms with van der Waals surface area (Å²) in [6.07, 6.45) is 1.28. The zero-order valence-corrected chi connectivity index (χ0v) is 17.5. The van der Waals surface area contributed by atoms with Gasteiger partial charge < -0.3 is 20.1 Å². The van der Waals surface area contributed by atoms with Gasteiger partial charge in [0.1, 0.15) is 5.60 Å². The van der Waals surface area contributed by atoms with Gasteiger partial charge in [-0.3, -0.25) is 5.32 Å². The molecule has 3 rings (SSSR count). The first kappa shape index (κ1) is 21.0. The smallest absolute Gasteiger partial charge is 0.412 e. The number of benzene rings is 2. The summed E-state index contributed by atoms with van der Waals surface area (Å²) in [6, 6.07) is 14.0. The Morgan fingerprint density at radius 3 is 2.62 bits per heavy atom. The standard InChI is InChI=1S/C23H31N3O3/c1-23(2,3)29-22(27)25-20-6-4-5-17(15-20)7-8-18-16-19(24)9-10-21(18)26-11-13-28-14-12-26/h4-6,9-10,15-16H,7-8,11-14,24H2,1-3H3,(H,25,27). The highest BCUT2D eigenvalue weighted by Crippen LogP contribution is 2.26. The van der Waals surface area contributed by atoms with Crippen LogP contribution < -0.4 is 16.0 Å². The average Bonchev–Trinajstić information content (AvgIpc) is 2.66. The summed E-state index contributed by atoms with van der Waals surface area (Å²) in [5.74, 6) is 0. The molecule has 0 spiro atoms. The van der Waals surface area contributed by atoms with E-state index in [9.17, 15) is 4.79 Å². The number of aryl methyl sites for hydroxylation is 2. The number of carbonyl (C=O) groups is 1. The van der Waals surface area contributed by atoms with Crippen LogP contribution in [-0.2, 0) is 22.3 Å². The molecule has 0 radical (unpaired) electrons. The van der Waals surface area contributed by atoms with E-state index in [1.807, 2.05) is 45.0 Å². The summed E-state index contributed by atoms with van der Waals surface area (Å²) < 4.78 is 10.8. The summed E-state index contributed by atoms with van der Waals surface area (Å²) in [5, 5.41) is 2.81. The predicted octanol–water partition coefficient (Wildman–Crippen LogP) is 4.24. The Morgan fingerprint density at radius 1 is 1.14 bits per heavy atom. The van der Waals surface area contributed by atoms with Crippen molar-refractivity contribution in [1.29, 1.82) is 0 Å². The van der Waals surface area contributed by atoms with Gasteiger partial charge in [-0.15, -0.1) is 0 Å². The van der Waals surface area contributed by atoms with Crippen molar-refractivity contribution in [2.24, 2.45) is 0 Å². The molecule has 1 fully saturated rings. The van der Waals surface area contributed by atoms with Crippen LogP contribution in [0.3, 0.4) is 0 Å². The number of nitrogens with one attached hydrogen (secondary N) is 1. The van der Waals surface area contributed by atoms with Gasteiger partial charge in [-0.25, -0.2) is 4.79 Å². The first-order chi connectivity index (χ1) is 13.8. The third kappa shape index (κ3) is 6.39. The first-order valence-electron chi connectivity index (χ1n) is 10.1. The van der Waals surface area contributed by atoms with E-state index in [-0.39, 0.29) is 0 Å². The maximum Gasteiger partial charge on any atom is 0.412 e. The van der Waals surface area contributed by atoms with Gasteiger partial charge in [-0.1, -0.05) is 12.1 Å². The van der Waals surface area contributed by atoms with E-state index in [0.717, 1.165) is 56.1 Å². The molecule has 6 nitrogen and oxygen atoms in total. The number of amides is 1. The van der Waals surface area contributed by atoms with Crippen LogP contribution in [0, 0.1) is 0 Å². The Morgan fingerprint density at radius 2 is 1.90 bits per heavy atom. The van der Waals surface area contributed by atoms with Crippen molar-refractivity contribution in [2.75, 3.05) is 42.3 Å². The average molecular weight is 398 g/mol. The molecule has 2 aromatic rings. The van der Waals surface area contributed by atoms with Gasteiger partial charge in [-0.05, 0) is 75.1 Å². The molecule has 6 heteroatoms. The van der Waals surface area contributed by atoms with Gasteiger partial charge in [-0.2, -0.15) is 0 Å². The molecule has 0 bridgehead atoms. The molecule has 0 aromatic heterocycles. The minimum absolute atomic E-state index is 0.444. The Kier molecular flexibility index (Phi) is 6.64. The fourth-order valence-corrected chi connectivity index (χ4v) is 3.42. The number of morpholine rings is 1. The summed E-state index contributed by atoms with van der Waals surface area (Å²) in [4.78, 5) is 14.4. The lowest BCUT2D eigenvalue weighted by atomic mass is 10.0. The van der Waals surface area contributed by atoms with Crippen molar-refractivity contribution in [1.82, 2.24) is 0 Å². The van der Waals surface area contributed by atoms with E-state index in [1.165, 1.54) is 11.3 Å². The molecule has 3 N–H and O–H groups in total. The van der Waals surface area contributed by atoms with Crippen molar-refractivity contribution < 1.29 is 14.3 Å². The fraction of sp³-hybridized carbons (Fsp3) is 0.435. The highest BCUT2D eigenvalue weighted by Gasteiger charge is 2.17. The van der Waals surface area contributed by atoms with E-state index < -0.39 is 11.7 Å². The molecular formula is C23H31N3O3. The number of nitrogens with zero attached hydrogens (tertiary/aromatic N) is 1. The van der Waals surface area contributed by atoms with Gasteiger partial charge in [0, 0.05) is 30.2 Å². The minimum Gasteiger partial charge on any atom is -0.444 e. The van der Waals surface area contributed by atoms with Gasteiger partial charge in [0.15, 0.2) is 0 Å². The van der Waals surface area contributed by atoms with Gasteiger partial charge in [0.2, 0.25) is 0 Å². The summed E-state index contributed by atoms with van der Waals surface area (Å²) in [6.45, 7) is 8.84. The predicted molar refractivity (Wildman–Crippen MR) is 118 cm³/mol. The second-order valence-electron chi connectivity index (χ2n) is 8.31. The Bertz CT molecular complexity index is 840. The largest absolute Gasteiger partial charge is 0.444 e. The van der Waals surface area contributed by atoms with Gasteiger partial charge in [0.25, 0.3) is 0 Å². The van der Waals surface area contributed by atoms with Crippen molar-refractivity contribution in [3.8, 4) is 0 Å². The molecule has 0 saturated carbocycles. The molecule has 1 aliphatic heterocycles. The number of carbonyl (C=O) groups excluding carboxylic acids is 1. The van der Waals surface area contributed by atoms with E-state index in [2.05, 4.69) is 28.4 Å². The van der Waals surface area contributed by atoms with Crippen LogP contribution in [0.1, 0.15) is 31.9 Å². The van der Waals surface area contributed by atoms with Gasteiger partial charge >= 0.3 is 6.09 Å². The van der Waals surface area contributed by atoms with E-state index in [4.69, 9.17) is 15.2 Å². The Labute approximate surface area is 173 Å². The Hall–Kier alpha value is -2.73. The number of ether oxygens (including phenoxy) is 2. The summed E-state index contributed by atoms with van der Waals surface area (Å²) in [5.41, 5.74) is 10.6. The zero-order chi connectivity index (χ0) is 20.9. The first-order valence-corrected chi connectivity index (χ1v) is 10.1. The molecule has 0 unspecified atom stereocenters. The minimum atomic E-state index is -0.523. The van der Waals surface area contributed by atoms with Crippen LogP contribution in [0.2, 0.25) is 0 Å². The van der Waals surface area contributed by atoms with Crippen LogP contribution in [0.4, 0.5) is 21.9 Å². The van der Waals surface area contributed by atoms with Crippen LogP contribution in [0.5, 0.6) is 0 Å². The second kappa shape index (κ2) is 9.18. The fourth-order valence-electron chi connectivity index (χ4n) is 3.42. The highest BCUT2D eigenvalue weighted by molar-refractivity contribution is 5.84. The van der Waals surface area contributed by atoms with Gasteiger partial charge in [0.05, 0.1) is 13.2 Å². The van der Waals surface area contributed by atoms with Crippen LogP contribution in [-0.4, -0.2) is 38.0 Å². The van der Waals surface area contributed by atoms with Crippen LogP contribution >= 0.6 is 0 Å². The number of rotatable bonds is 5. The third-order valence-corrected chi connectivity index (χ3v) is 4.71. The molecule has 0 aliphatic carbocycles. The van der Waals surface area contributed by atoms with Crippen molar-refractivity contribution in [3.05, 3.63) is 53.6 Å². The number of nitrogens with two attached hydrogens (primary N) is 1. The molecule has 2 aromatic carbocycles. The normalized spacial score (nSPS) is 14.5. The number of hydrogen-bond acceptors (Lipinski definition) is 5. The number of hydrogen-bond donors (Lipinski definition) is 2. The Balaban J connectivity index is 1.67. The topological polar surface area (TPSA) is 76.8 Å². The summed E-state index contributed by atoms with van der Waals surface area (Å²) in [7, 11) is 0. The lowest BCUT2D eigenvalue weighted by molar-refractivity contribution is 0.0636. The summed E-state index contributed by atoms with van der Waals surface area (Å²) >= 11 is 0. The molecular weight excluding hydrogens is 366 g/mol. The second-order valence-corrected chi connectivity index (χ2v) is 8.31. The number of anilines is 3. The van der Waals surface area contributed by atoms with E-state index in [1.54, 1.807) is 0 Å². The third-order valence-electron chi connectivity index (χ3n) is 4.71. The van der Waals surface area contributed by atoms with E-state index >= 15 is 0 Å². The lowest BCUT2D eigenvalue weighted by Crippen LogP contribution is -2.36. The van der Waals surface area contributed by atoms with Crippen molar-refractivity contribution in [3.63, 3.8) is 0 Å². The molecule has 0 atom stereocenters. The monoisotopic (exact) mass is 397 g/mol. The van der Waals surface area contributed by atoms with E-state index in [0.29, 0.717) is 0 Å². The van der Waals surface area contributed by atoms with Crippen molar-refractivity contribution >= 4 is 23.2 Å². The molecule has 29 heavy (non-hydrogen) atoms. The molecule has 1 saturated heterocycles.